The minimum Gasteiger partial charge on any atom is -0.358 e. The van der Waals surface area contributed by atoms with Crippen LogP contribution in [0.2, 0.25) is 0 Å². The largest absolute Gasteiger partial charge is 0.358 e. The highest BCUT2D eigenvalue weighted by Gasteiger charge is 2.14. The highest BCUT2D eigenvalue weighted by atomic mass is 15.2. The van der Waals surface area contributed by atoms with Crippen molar-refractivity contribution in [1.82, 2.24) is 15.2 Å². The quantitative estimate of drug-likeness (QED) is 0.826. The Kier molecular flexibility index (Phi) is 5.80. The highest BCUT2D eigenvalue weighted by molar-refractivity contribution is 5.45. The van der Waals surface area contributed by atoms with E-state index in [1.54, 1.807) is 0 Å². The molecule has 20 heavy (non-hydrogen) atoms. The average molecular weight is 276 g/mol. The number of rotatable bonds is 7. The van der Waals surface area contributed by atoms with Crippen molar-refractivity contribution in [2.45, 2.75) is 39.3 Å². The number of hydrogen-bond donors (Lipinski definition) is 1. The van der Waals surface area contributed by atoms with Crippen molar-refractivity contribution in [1.29, 1.82) is 0 Å². The second kappa shape index (κ2) is 7.60. The van der Waals surface area contributed by atoms with Crippen molar-refractivity contribution in [2.24, 2.45) is 0 Å². The molecule has 0 saturated carbocycles. The van der Waals surface area contributed by atoms with Gasteiger partial charge in [0.05, 0.1) is 0 Å². The van der Waals surface area contributed by atoms with Crippen LogP contribution in [0.15, 0.2) is 18.3 Å². The molecule has 2 heterocycles. The van der Waals surface area contributed by atoms with Gasteiger partial charge in [-0.2, -0.15) is 0 Å². The van der Waals surface area contributed by atoms with E-state index in [0.29, 0.717) is 6.04 Å². The molecule has 0 spiro atoms. The van der Waals surface area contributed by atoms with Crippen LogP contribution >= 0.6 is 0 Å². The predicted molar refractivity (Wildman–Crippen MR) is 85.2 cm³/mol. The number of nitrogens with one attached hydrogen (secondary N) is 1. The lowest BCUT2D eigenvalue weighted by molar-refractivity contribution is 0.346. The summed E-state index contributed by atoms with van der Waals surface area (Å²) >= 11 is 0. The molecular formula is C16H28N4. The lowest BCUT2D eigenvalue weighted by Crippen LogP contribution is -2.33. The maximum atomic E-state index is 4.57. The van der Waals surface area contributed by atoms with Crippen molar-refractivity contribution >= 4 is 5.82 Å². The summed E-state index contributed by atoms with van der Waals surface area (Å²) in [6.07, 6.45) is 4.61. The second-order valence-electron chi connectivity index (χ2n) is 5.99. The van der Waals surface area contributed by atoms with Crippen LogP contribution < -0.4 is 10.2 Å². The molecule has 1 aromatic heterocycles. The number of nitrogens with zero attached hydrogens (tertiary/aromatic N) is 3. The molecule has 0 bridgehead atoms. The van der Waals surface area contributed by atoms with Crippen molar-refractivity contribution in [3.8, 4) is 0 Å². The summed E-state index contributed by atoms with van der Waals surface area (Å²) in [5.41, 5.74) is 1.28. The first kappa shape index (κ1) is 15.3. The summed E-state index contributed by atoms with van der Waals surface area (Å²) in [7, 11) is 2.15. The topological polar surface area (TPSA) is 31.4 Å². The maximum Gasteiger partial charge on any atom is 0.132 e. The van der Waals surface area contributed by atoms with Crippen molar-refractivity contribution in [2.75, 3.05) is 38.1 Å². The van der Waals surface area contributed by atoms with E-state index in [0.717, 1.165) is 25.5 Å². The van der Waals surface area contributed by atoms with Gasteiger partial charge in [-0.3, -0.25) is 0 Å². The van der Waals surface area contributed by atoms with E-state index in [2.05, 4.69) is 47.1 Å². The third-order valence-electron chi connectivity index (χ3n) is 3.88. The van der Waals surface area contributed by atoms with Gasteiger partial charge in [0.25, 0.3) is 0 Å². The average Bonchev–Trinajstić information content (AvgIpc) is 2.96. The van der Waals surface area contributed by atoms with E-state index < -0.39 is 0 Å². The molecule has 0 radical (unpaired) electrons. The van der Waals surface area contributed by atoms with E-state index in [-0.39, 0.29) is 0 Å². The molecule has 0 aromatic carbocycles. The van der Waals surface area contributed by atoms with Gasteiger partial charge in [0.2, 0.25) is 0 Å². The Hall–Kier alpha value is -1.13. The van der Waals surface area contributed by atoms with Gasteiger partial charge < -0.3 is 15.1 Å². The van der Waals surface area contributed by atoms with E-state index in [9.17, 15) is 0 Å². The number of anilines is 1. The van der Waals surface area contributed by atoms with Crippen molar-refractivity contribution in [3.63, 3.8) is 0 Å². The third kappa shape index (κ3) is 4.46. The zero-order valence-electron chi connectivity index (χ0n) is 13.1. The van der Waals surface area contributed by atoms with Crippen LogP contribution in [0.3, 0.4) is 0 Å². The molecule has 4 nitrogen and oxygen atoms in total. The molecule has 1 fully saturated rings. The molecule has 1 N–H and O–H groups in total. The Morgan fingerprint density at radius 1 is 1.35 bits per heavy atom. The first-order chi connectivity index (χ1) is 9.66. The van der Waals surface area contributed by atoms with Crippen LogP contribution in [0, 0.1) is 0 Å². The molecule has 4 heteroatoms. The van der Waals surface area contributed by atoms with Gasteiger partial charge in [-0.25, -0.2) is 4.98 Å². The van der Waals surface area contributed by atoms with Crippen molar-refractivity contribution in [3.05, 3.63) is 23.9 Å². The number of aromatic nitrogens is 1. The third-order valence-corrected chi connectivity index (χ3v) is 3.88. The maximum absolute atomic E-state index is 4.57. The molecule has 0 amide bonds. The minimum atomic E-state index is 0.498. The van der Waals surface area contributed by atoms with Crippen LogP contribution in [-0.4, -0.2) is 49.2 Å². The smallest absolute Gasteiger partial charge is 0.132 e. The normalized spacial score (nSPS) is 16.0. The summed E-state index contributed by atoms with van der Waals surface area (Å²) in [6, 6.07) is 4.69. The van der Waals surface area contributed by atoms with E-state index >= 15 is 0 Å². The predicted octanol–water partition coefficient (Wildman–Crippen LogP) is 2.11. The minimum absolute atomic E-state index is 0.498. The molecule has 0 atom stereocenters. The zero-order valence-corrected chi connectivity index (χ0v) is 13.1. The number of likely N-dealkylation sites (tertiary alicyclic amines) is 1. The Morgan fingerprint density at radius 3 is 2.80 bits per heavy atom. The van der Waals surface area contributed by atoms with Gasteiger partial charge in [-0.1, -0.05) is 19.9 Å². The standard InChI is InChI=1S/C16H28N4/c1-14(2)18-13-15-7-6-8-17-16(15)19(3)11-12-20-9-4-5-10-20/h6-8,14,18H,4-5,9-13H2,1-3H3. The zero-order chi connectivity index (χ0) is 14.4. The van der Waals surface area contributed by atoms with Gasteiger partial charge in [0, 0.05) is 44.5 Å². The number of pyridine rings is 1. The Labute approximate surface area is 123 Å². The number of hydrogen-bond acceptors (Lipinski definition) is 4. The molecule has 112 valence electrons. The van der Waals surface area contributed by atoms with Crippen LogP contribution in [0.25, 0.3) is 0 Å². The summed E-state index contributed by atoms with van der Waals surface area (Å²) in [6.45, 7) is 9.95. The fourth-order valence-corrected chi connectivity index (χ4v) is 2.63. The summed E-state index contributed by atoms with van der Waals surface area (Å²) in [4.78, 5) is 9.40. The molecule has 1 aliphatic heterocycles. The Bertz CT molecular complexity index is 399. The lowest BCUT2D eigenvalue weighted by Gasteiger charge is -2.24. The van der Waals surface area contributed by atoms with Gasteiger partial charge in [0.15, 0.2) is 0 Å². The Morgan fingerprint density at radius 2 is 2.10 bits per heavy atom. The fourth-order valence-electron chi connectivity index (χ4n) is 2.63. The highest BCUT2D eigenvalue weighted by Crippen LogP contribution is 2.16. The second-order valence-corrected chi connectivity index (χ2v) is 5.99. The lowest BCUT2D eigenvalue weighted by atomic mass is 10.2. The first-order valence-electron chi connectivity index (χ1n) is 7.77. The molecule has 1 saturated heterocycles. The first-order valence-corrected chi connectivity index (χ1v) is 7.77. The van der Waals surface area contributed by atoms with Crippen LogP contribution in [0.5, 0.6) is 0 Å². The SMILES string of the molecule is CC(C)NCc1cccnc1N(C)CCN1CCCC1. The fraction of sp³-hybridized carbons (Fsp3) is 0.688. The molecule has 2 rings (SSSR count). The number of likely N-dealkylation sites (N-methyl/N-ethyl adjacent to an activating group) is 1. The molecule has 0 aliphatic carbocycles. The van der Waals surface area contributed by atoms with E-state index in [1.165, 1.54) is 31.5 Å². The van der Waals surface area contributed by atoms with E-state index in [1.807, 2.05) is 12.3 Å². The monoisotopic (exact) mass is 276 g/mol. The van der Waals surface area contributed by atoms with Gasteiger partial charge >= 0.3 is 0 Å². The summed E-state index contributed by atoms with van der Waals surface area (Å²) < 4.78 is 0. The van der Waals surface area contributed by atoms with Crippen LogP contribution in [0.4, 0.5) is 5.82 Å². The molecule has 1 aromatic rings. The van der Waals surface area contributed by atoms with Crippen molar-refractivity contribution < 1.29 is 0 Å². The summed E-state index contributed by atoms with van der Waals surface area (Å²) in [5, 5.41) is 3.48. The molecular weight excluding hydrogens is 248 g/mol. The van der Waals surface area contributed by atoms with Gasteiger partial charge in [-0.15, -0.1) is 0 Å². The van der Waals surface area contributed by atoms with Crippen LogP contribution in [0.1, 0.15) is 32.3 Å². The van der Waals surface area contributed by atoms with E-state index in [4.69, 9.17) is 0 Å². The molecule has 0 unspecified atom stereocenters. The van der Waals surface area contributed by atoms with Gasteiger partial charge in [-0.05, 0) is 32.0 Å². The molecule has 1 aliphatic rings. The van der Waals surface area contributed by atoms with Crippen LogP contribution in [-0.2, 0) is 6.54 Å². The summed E-state index contributed by atoms with van der Waals surface area (Å²) in [5.74, 6) is 1.11. The Balaban J connectivity index is 1.91. The van der Waals surface area contributed by atoms with Gasteiger partial charge in [0.1, 0.15) is 5.82 Å².